The number of nitrogens with one attached hydrogen (secondary N) is 2. The lowest BCUT2D eigenvalue weighted by Gasteiger charge is -2.30. The molecule has 45 heavy (non-hydrogen) atoms. The molecule has 3 aromatic carbocycles. The van der Waals surface area contributed by atoms with E-state index in [1.165, 1.54) is 0 Å². The first kappa shape index (κ1) is 33.7. The molecule has 0 bridgehead atoms. The van der Waals surface area contributed by atoms with Crippen LogP contribution in [0, 0.1) is 0 Å². The van der Waals surface area contributed by atoms with E-state index in [0.29, 0.717) is 33.5 Å². The molecule has 1 heterocycles. The first-order valence-corrected chi connectivity index (χ1v) is 15.5. The lowest BCUT2D eigenvalue weighted by atomic mass is 10.0. The Bertz CT molecular complexity index is 1450. The number of nitrogens with zero attached hydrogens (tertiary/aromatic N) is 1. The standard InChI is InChI=1S/C33H37Cl2N3O7/c1-3-4-5-27(36-32(41)37-28(17-31(39)40)24-10-15-29-30(16-24)45-20-44-29)19-43-33(42)38(18-22-6-11-25(34)12-7-22)21(2)23-8-13-26(35)14-9-23/h6-16,21,27-28H,3-5,17-20H2,1-2H3,(H,39,40)(H2,36,37,41)/t21?,27-,28-/m0/s1. The highest BCUT2D eigenvalue weighted by atomic mass is 35.5. The summed E-state index contributed by atoms with van der Waals surface area (Å²) in [6.45, 7) is 4.18. The Kier molecular flexibility index (Phi) is 12.2. The Morgan fingerprint density at radius 3 is 2.24 bits per heavy atom. The molecular weight excluding hydrogens is 621 g/mol. The van der Waals surface area contributed by atoms with E-state index in [-0.39, 0.29) is 32.4 Å². The van der Waals surface area contributed by atoms with Crippen LogP contribution in [0.1, 0.15) is 68.3 Å². The normalized spacial score (nSPS) is 13.8. The van der Waals surface area contributed by atoms with Gasteiger partial charge in [-0.3, -0.25) is 9.69 Å². The van der Waals surface area contributed by atoms with Crippen molar-refractivity contribution >= 4 is 41.3 Å². The molecule has 12 heteroatoms. The zero-order chi connectivity index (χ0) is 32.3. The van der Waals surface area contributed by atoms with Crippen molar-refractivity contribution in [2.75, 3.05) is 13.4 Å². The number of amides is 3. The molecule has 4 rings (SSSR count). The van der Waals surface area contributed by atoms with Crippen molar-refractivity contribution in [3.05, 3.63) is 93.5 Å². The van der Waals surface area contributed by atoms with Crippen LogP contribution < -0.4 is 20.1 Å². The third-order valence-electron chi connectivity index (χ3n) is 7.45. The number of halogens is 2. The molecular formula is C33H37Cl2N3O7. The van der Waals surface area contributed by atoms with Gasteiger partial charge in [-0.1, -0.05) is 73.3 Å². The Morgan fingerprint density at radius 2 is 1.58 bits per heavy atom. The highest BCUT2D eigenvalue weighted by Gasteiger charge is 2.26. The molecule has 1 aliphatic heterocycles. The molecule has 3 amide bonds. The van der Waals surface area contributed by atoms with Crippen molar-refractivity contribution in [2.45, 2.75) is 64.2 Å². The fraction of sp³-hybridized carbons (Fsp3) is 0.364. The van der Waals surface area contributed by atoms with Crippen LogP contribution in [0.3, 0.4) is 0 Å². The number of carbonyl (C=O) groups is 3. The number of rotatable bonds is 14. The number of ether oxygens (including phenoxy) is 3. The Balaban J connectivity index is 1.44. The molecule has 3 N–H and O–H groups in total. The minimum absolute atomic E-state index is 0.0731. The number of carbonyl (C=O) groups excluding carboxylic acids is 2. The number of hydrogen-bond acceptors (Lipinski definition) is 6. The van der Waals surface area contributed by atoms with Gasteiger partial charge in [0.1, 0.15) is 6.61 Å². The zero-order valence-corrected chi connectivity index (χ0v) is 26.6. The number of carboxylic acid groups (broad SMARTS) is 1. The van der Waals surface area contributed by atoms with Gasteiger partial charge in [-0.15, -0.1) is 0 Å². The maximum absolute atomic E-state index is 13.6. The first-order chi connectivity index (χ1) is 21.6. The number of unbranched alkanes of at least 4 members (excludes halogenated alkanes) is 1. The smallest absolute Gasteiger partial charge is 0.410 e. The average Bonchev–Trinajstić information content (AvgIpc) is 3.49. The van der Waals surface area contributed by atoms with E-state index in [9.17, 15) is 19.5 Å². The summed E-state index contributed by atoms with van der Waals surface area (Å²) in [4.78, 5) is 39.9. The molecule has 1 aliphatic rings. The van der Waals surface area contributed by atoms with Gasteiger partial charge < -0.3 is 30.0 Å². The summed E-state index contributed by atoms with van der Waals surface area (Å²) in [5.41, 5.74) is 2.30. The summed E-state index contributed by atoms with van der Waals surface area (Å²) in [6.07, 6.45) is 1.29. The molecule has 0 aliphatic carbocycles. The highest BCUT2D eigenvalue weighted by molar-refractivity contribution is 6.30. The Morgan fingerprint density at radius 1 is 0.933 bits per heavy atom. The summed E-state index contributed by atoms with van der Waals surface area (Å²) in [6, 6.07) is 17.2. The topological polar surface area (TPSA) is 126 Å². The van der Waals surface area contributed by atoms with Crippen molar-refractivity contribution in [3.8, 4) is 11.5 Å². The molecule has 3 atom stereocenters. The summed E-state index contributed by atoms with van der Waals surface area (Å²) in [7, 11) is 0. The molecule has 3 aromatic rings. The number of fused-ring (bicyclic) bond motifs is 1. The van der Waals surface area contributed by atoms with Crippen LogP contribution in [0.2, 0.25) is 10.0 Å². The van der Waals surface area contributed by atoms with Crippen molar-refractivity contribution in [1.82, 2.24) is 15.5 Å². The molecule has 0 fully saturated rings. The highest BCUT2D eigenvalue weighted by Crippen LogP contribution is 2.35. The van der Waals surface area contributed by atoms with Crippen LogP contribution in [0.15, 0.2) is 66.7 Å². The number of benzene rings is 3. The monoisotopic (exact) mass is 657 g/mol. The summed E-state index contributed by atoms with van der Waals surface area (Å²) in [5.74, 6) is -0.0481. The van der Waals surface area contributed by atoms with Crippen molar-refractivity contribution in [2.24, 2.45) is 0 Å². The first-order valence-electron chi connectivity index (χ1n) is 14.7. The number of urea groups is 1. The second-order valence-corrected chi connectivity index (χ2v) is 11.7. The van der Waals surface area contributed by atoms with Crippen LogP contribution in [0.4, 0.5) is 9.59 Å². The van der Waals surface area contributed by atoms with Crippen LogP contribution in [-0.2, 0) is 16.1 Å². The number of aliphatic carboxylic acids is 1. The van der Waals surface area contributed by atoms with Crippen LogP contribution in [0.5, 0.6) is 11.5 Å². The van der Waals surface area contributed by atoms with Crippen molar-refractivity contribution < 1.29 is 33.7 Å². The van der Waals surface area contributed by atoms with Gasteiger partial charge in [0, 0.05) is 16.6 Å². The maximum atomic E-state index is 13.6. The fourth-order valence-electron chi connectivity index (χ4n) is 4.91. The molecule has 0 radical (unpaired) electrons. The summed E-state index contributed by atoms with van der Waals surface area (Å²) >= 11 is 12.2. The minimum Gasteiger partial charge on any atom is -0.481 e. The SMILES string of the molecule is CCCC[C@@H](COC(=O)N(Cc1ccc(Cl)cc1)C(C)c1ccc(Cl)cc1)NC(=O)N[C@@H](CC(=O)O)c1ccc2c(c1)OCO2. The Hall–Kier alpha value is -4.15. The molecule has 0 saturated heterocycles. The molecule has 0 aromatic heterocycles. The van der Waals surface area contributed by atoms with E-state index < -0.39 is 30.2 Å². The number of hydrogen-bond donors (Lipinski definition) is 3. The third kappa shape index (κ3) is 9.92. The largest absolute Gasteiger partial charge is 0.481 e. The third-order valence-corrected chi connectivity index (χ3v) is 7.96. The van der Waals surface area contributed by atoms with Crippen LogP contribution >= 0.6 is 23.2 Å². The maximum Gasteiger partial charge on any atom is 0.410 e. The number of carboxylic acids is 1. The second kappa shape index (κ2) is 16.2. The van der Waals surface area contributed by atoms with E-state index in [0.717, 1.165) is 24.0 Å². The van der Waals surface area contributed by atoms with Gasteiger partial charge in [0.2, 0.25) is 6.79 Å². The van der Waals surface area contributed by atoms with Gasteiger partial charge in [0.15, 0.2) is 11.5 Å². The van der Waals surface area contributed by atoms with Gasteiger partial charge in [-0.25, -0.2) is 9.59 Å². The quantitative estimate of drug-likeness (QED) is 0.164. The van der Waals surface area contributed by atoms with Crippen LogP contribution in [0.25, 0.3) is 0 Å². The zero-order valence-electron chi connectivity index (χ0n) is 25.1. The summed E-state index contributed by atoms with van der Waals surface area (Å²) < 4.78 is 16.5. The van der Waals surface area contributed by atoms with E-state index in [2.05, 4.69) is 10.6 Å². The molecule has 0 spiro atoms. The van der Waals surface area contributed by atoms with Gasteiger partial charge in [-0.05, 0) is 66.4 Å². The molecule has 1 unspecified atom stereocenters. The molecule has 0 saturated carbocycles. The second-order valence-electron chi connectivity index (χ2n) is 10.8. The van der Waals surface area contributed by atoms with Gasteiger partial charge in [-0.2, -0.15) is 0 Å². The van der Waals surface area contributed by atoms with E-state index in [4.69, 9.17) is 37.4 Å². The van der Waals surface area contributed by atoms with Gasteiger partial charge >= 0.3 is 18.1 Å². The van der Waals surface area contributed by atoms with Gasteiger partial charge in [0.25, 0.3) is 0 Å². The van der Waals surface area contributed by atoms with Crippen molar-refractivity contribution in [3.63, 3.8) is 0 Å². The van der Waals surface area contributed by atoms with Crippen LogP contribution in [-0.4, -0.2) is 47.5 Å². The van der Waals surface area contributed by atoms with E-state index >= 15 is 0 Å². The average molecular weight is 659 g/mol. The Labute approximate surface area is 272 Å². The van der Waals surface area contributed by atoms with E-state index in [1.54, 1.807) is 47.4 Å². The van der Waals surface area contributed by atoms with Crippen molar-refractivity contribution in [1.29, 1.82) is 0 Å². The lowest BCUT2D eigenvalue weighted by Crippen LogP contribution is -2.46. The predicted octanol–water partition coefficient (Wildman–Crippen LogP) is 7.50. The molecule has 10 nitrogen and oxygen atoms in total. The minimum atomic E-state index is -1.08. The fourth-order valence-corrected chi connectivity index (χ4v) is 5.16. The van der Waals surface area contributed by atoms with Gasteiger partial charge in [0.05, 0.1) is 24.5 Å². The van der Waals surface area contributed by atoms with E-state index in [1.807, 2.05) is 38.1 Å². The summed E-state index contributed by atoms with van der Waals surface area (Å²) in [5, 5.41) is 16.3. The lowest BCUT2D eigenvalue weighted by molar-refractivity contribution is -0.137. The predicted molar refractivity (Wildman–Crippen MR) is 171 cm³/mol. The molecule has 240 valence electrons.